The molecule has 0 radical (unpaired) electrons. The average Bonchev–Trinajstić information content (AvgIpc) is 3.14. The third-order valence-corrected chi connectivity index (χ3v) is 14.0. The van der Waals surface area contributed by atoms with Crippen LogP contribution in [0.4, 0.5) is 0 Å². The summed E-state index contributed by atoms with van der Waals surface area (Å²) < 4.78 is 29.9. The maximum atomic E-state index is 12.0. The van der Waals surface area contributed by atoms with Gasteiger partial charge in [-0.1, -0.05) is 128 Å². The van der Waals surface area contributed by atoms with E-state index in [1.165, 1.54) is 137 Å². The van der Waals surface area contributed by atoms with Gasteiger partial charge in [0.25, 0.3) is 0 Å². The van der Waals surface area contributed by atoms with E-state index in [2.05, 4.69) is 160 Å². The Morgan fingerprint density at radius 2 is 0.571 bits per heavy atom. The van der Waals surface area contributed by atoms with Crippen molar-refractivity contribution < 1.29 is 28.5 Å². The van der Waals surface area contributed by atoms with Crippen LogP contribution in [0.5, 0.6) is 11.5 Å². The Hall–Kier alpha value is 1.36. The number of unbranched alkanes of at least 4 members (excludes halogenated alkanes) is 22. The van der Waals surface area contributed by atoms with E-state index in [0.29, 0.717) is 12.8 Å². The average molecular weight is 1450 g/mol. The van der Waals surface area contributed by atoms with Gasteiger partial charge in [-0.25, -0.2) is 0 Å². The molecule has 0 amide bonds. The second-order valence-electron chi connectivity index (χ2n) is 14.5. The number of carbonyl (C=O) groups is 2. The molecule has 0 spiro atoms. The smallest absolute Gasteiger partial charge is 0.305 e. The summed E-state index contributed by atoms with van der Waals surface area (Å²) in [6.45, 7) is 1.92. The fourth-order valence-corrected chi connectivity index (χ4v) is 14.2. The van der Waals surface area contributed by atoms with Crippen LogP contribution in [-0.4, -0.2) is 38.4 Å². The molecule has 0 saturated carbocycles. The van der Waals surface area contributed by atoms with Gasteiger partial charge in [0.2, 0.25) is 0 Å². The van der Waals surface area contributed by atoms with Gasteiger partial charge in [0, 0.05) is 20.0 Å². The SMILES string of the molecule is O=C(CCCCCCCCCCCCCCOc1c(I)cc(I)cc1I)OCCOC(=O)CCCCCCCCCCCCCCOc1c(I)cc(I)cc1I. The first-order chi connectivity index (χ1) is 27.2. The van der Waals surface area contributed by atoms with Gasteiger partial charge in [0.05, 0.1) is 27.5 Å². The summed E-state index contributed by atoms with van der Waals surface area (Å²) in [4.78, 5) is 24.0. The lowest BCUT2D eigenvalue weighted by Crippen LogP contribution is -2.13. The molecule has 6 nitrogen and oxygen atoms in total. The Morgan fingerprint density at radius 1 is 0.339 bits per heavy atom. The summed E-state index contributed by atoms with van der Waals surface area (Å²) in [7, 11) is 0. The van der Waals surface area contributed by atoms with Crippen LogP contribution in [0, 0.1) is 21.4 Å². The van der Waals surface area contributed by atoms with Crippen LogP contribution < -0.4 is 9.47 Å². The molecular weight excluding hydrogens is 1390 g/mol. The number of rotatable bonds is 35. The first kappa shape index (κ1) is 53.5. The molecule has 0 aliphatic carbocycles. The number of ether oxygens (including phenoxy) is 4. The second-order valence-corrected chi connectivity index (χ2v) is 21.7. The van der Waals surface area contributed by atoms with Crippen LogP contribution in [0.2, 0.25) is 0 Å². The van der Waals surface area contributed by atoms with E-state index >= 15 is 0 Å². The molecule has 0 N–H and O–H groups in total. The van der Waals surface area contributed by atoms with Gasteiger partial charge in [-0.15, -0.1) is 0 Å². The van der Waals surface area contributed by atoms with E-state index in [0.717, 1.165) is 63.2 Å². The molecule has 0 saturated heterocycles. The van der Waals surface area contributed by atoms with Crippen LogP contribution in [-0.2, 0) is 19.1 Å². The zero-order valence-corrected chi connectivity index (χ0v) is 46.2. The molecule has 0 fully saturated rings. The quantitative estimate of drug-likeness (QED) is 0.0389. The molecule has 0 aliphatic rings. The highest BCUT2D eigenvalue weighted by Gasteiger charge is 2.10. The molecule has 0 aromatic heterocycles. The first-order valence-corrected chi connectivity index (χ1v) is 27.5. The Bertz CT molecular complexity index is 1210. The summed E-state index contributed by atoms with van der Waals surface area (Å²) in [6, 6.07) is 8.67. The van der Waals surface area contributed by atoms with Crippen LogP contribution in [0.15, 0.2) is 24.3 Å². The van der Waals surface area contributed by atoms with E-state index in [-0.39, 0.29) is 25.2 Å². The molecule has 0 unspecified atom stereocenters. The molecule has 318 valence electrons. The van der Waals surface area contributed by atoms with Crippen molar-refractivity contribution in [3.63, 3.8) is 0 Å². The van der Waals surface area contributed by atoms with Gasteiger partial charge in [0.15, 0.2) is 0 Å². The van der Waals surface area contributed by atoms with E-state index < -0.39 is 0 Å². The summed E-state index contributed by atoms with van der Waals surface area (Å²) in [5.41, 5.74) is 0. The minimum Gasteiger partial charge on any atom is -0.491 e. The van der Waals surface area contributed by atoms with Gasteiger partial charge in [0.1, 0.15) is 24.7 Å². The normalized spacial score (nSPS) is 11.2. The number of halogens is 6. The zero-order valence-electron chi connectivity index (χ0n) is 33.2. The third kappa shape index (κ3) is 28.1. The van der Waals surface area contributed by atoms with Crippen molar-refractivity contribution >= 4 is 147 Å². The van der Waals surface area contributed by atoms with Gasteiger partial charge >= 0.3 is 11.9 Å². The Balaban J connectivity index is 1.24. The molecule has 2 rings (SSSR count). The van der Waals surface area contributed by atoms with Crippen molar-refractivity contribution in [1.29, 1.82) is 0 Å². The summed E-state index contributed by atoms with van der Waals surface area (Å²) in [5.74, 6) is 1.70. The third-order valence-electron chi connectivity index (χ3n) is 9.58. The van der Waals surface area contributed by atoms with Crippen LogP contribution in [0.1, 0.15) is 167 Å². The number of hydrogen-bond donors (Lipinski definition) is 0. The molecule has 0 aliphatic heterocycles. The van der Waals surface area contributed by atoms with E-state index in [1.807, 2.05) is 0 Å². The number of esters is 2. The lowest BCUT2D eigenvalue weighted by Gasteiger charge is -2.11. The molecule has 56 heavy (non-hydrogen) atoms. The molecular formula is C44H64I6O6. The Kier molecular flexibility index (Phi) is 34.3. The van der Waals surface area contributed by atoms with Crippen molar-refractivity contribution in [2.75, 3.05) is 26.4 Å². The maximum Gasteiger partial charge on any atom is 0.305 e. The molecule has 2 aromatic carbocycles. The van der Waals surface area contributed by atoms with Crippen LogP contribution >= 0.6 is 136 Å². The van der Waals surface area contributed by atoms with Crippen LogP contribution in [0.25, 0.3) is 0 Å². The minimum atomic E-state index is -0.184. The molecule has 0 atom stereocenters. The van der Waals surface area contributed by atoms with Crippen molar-refractivity contribution in [3.05, 3.63) is 45.7 Å². The zero-order chi connectivity index (χ0) is 40.6. The van der Waals surface area contributed by atoms with E-state index in [1.54, 1.807) is 0 Å². The van der Waals surface area contributed by atoms with Gasteiger partial charge < -0.3 is 18.9 Å². The fraction of sp³-hybridized carbons (Fsp3) is 0.682. The van der Waals surface area contributed by atoms with Gasteiger partial charge in [-0.05, 0) is 185 Å². The highest BCUT2D eigenvalue weighted by Crippen LogP contribution is 2.31. The summed E-state index contributed by atoms with van der Waals surface area (Å²) in [5, 5.41) is 0. The van der Waals surface area contributed by atoms with Crippen molar-refractivity contribution in [1.82, 2.24) is 0 Å². The number of hydrogen-bond acceptors (Lipinski definition) is 6. The monoisotopic (exact) mass is 1450 g/mol. The topological polar surface area (TPSA) is 71.1 Å². The number of carbonyl (C=O) groups excluding carboxylic acids is 2. The molecule has 0 bridgehead atoms. The first-order valence-electron chi connectivity index (χ1n) is 21.0. The van der Waals surface area contributed by atoms with Crippen LogP contribution in [0.3, 0.4) is 0 Å². The largest absolute Gasteiger partial charge is 0.491 e. The predicted molar refractivity (Wildman–Crippen MR) is 282 cm³/mol. The predicted octanol–water partition coefficient (Wildman–Crippen LogP) is 16.0. The maximum absolute atomic E-state index is 12.0. The summed E-state index contributed by atoms with van der Waals surface area (Å²) >= 11 is 14.2. The van der Waals surface area contributed by atoms with Crippen molar-refractivity contribution in [2.45, 2.75) is 167 Å². The molecule has 2 aromatic rings. The van der Waals surface area contributed by atoms with E-state index in [9.17, 15) is 9.59 Å². The summed E-state index contributed by atoms with van der Waals surface area (Å²) in [6.07, 6.45) is 30.0. The lowest BCUT2D eigenvalue weighted by molar-refractivity contribution is -0.152. The minimum absolute atomic E-state index is 0.158. The van der Waals surface area contributed by atoms with Crippen molar-refractivity contribution in [2.24, 2.45) is 0 Å². The molecule has 0 heterocycles. The van der Waals surface area contributed by atoms with Crippen molar-refractivity contribution in [3.8, 4) is 11.5 Å². The second kappa shape index (κ2) is 35.9. The Morgan fingerprint density at radius 3 is 0.839 bits per heavy atom. The van der Waals surface area contributed by atoms with Gasteiger partial charge in [-0.3, -0.25) is 9.59 Å². The standard InChI is InChI=1S/C44H64I6O6/c45-35-31-37(47)43(38(48)32-35)55-27-23-19-15-11-7-3-1-5-9-13-17-21-25-41(51)53-29-30-54-42(52)26-22-18-14-10-6-2-4-8-12-16-20-24-28-56-44-39(49)33-36(46)34-40(44)50/h31-34H,1-30H2. The highest BCUT2D eigenvalue weighted by molar-refractivity contribution is 14.1. The highest BCUT2D eigenvalue weighted by atomic mass is 127. The van der Waals surface area contributed by atoms with E-state index in [4.69, 9.17) is 18.9 Å². The molecule has 12 heteroatoms. The number of benzene rings is 2. The lowest BCUT2D eigenvalue weighted by atomic mass is 10.0. The Labute approximate surface area is 421 Å². The fourth-order valence-electron chi connectivity index (χ4n) is 6.42. The van der Waals surface area contributed by atoms with Gasteiger partial charge in [-0.2, -0.15) is 0 Å².